The van der Waals surface area contributed by atoms with Gasteiger partial charge < -0.3 is 9.64 Å². The first-order valence-electron chi connectivity index (χ1n) is 9.32. The van der Waals surface area contributed by atoms with Crippen LogP contribution in [-0.4, -0.2) is 40.1 Å². The number of amides is 1. The summed E-state index contributed by atoms with van der Waals surface area (Å²) in [6.45, 7) is 7.29. The van der Waals surface area contributed by atoms with Crippen molar-refractivity contribution >= 4 is 23.0 Å². The summed E-state index contributed by atoms with van der Waals surface area (Å²) in [6, 6.07) is 7.85. The lowest BCUT2D eigenvalue weighted by atomic mass is 9.92. The largest absolute Gasteiger partial charge is 0.444 e. The number of ether oxygens (including phenoxy) is 1. The lowest BCUT2D eigenvalue weighted by molar-refractivity contribution is 0.0181. The van der Waals surface area contributed by atoms with Crippen molar-refractivity contribution in [2.45, 2.75) is 57.0 Å². The molecule has 1 aliphatic heterocycles. The van der Waals surface area contributed by atoms with Gasteiger partial charge in [-0.25, -0.2) is 4.79 Å². The highest BCUT2D eigenvalue weighted by Gasteiger charge is 2.26. The molecule has 1 unspecified atom stereocenters. The zero-order valence-electron chi connectivity index (χ0n) is 16.4. The van der Waals surface area contributed by atoms with E-state index in [9.17, 15) is 9.00 Å². The fraction of sp³-hybridized carbons (Fsp3) is 0.571. The summed E-state index contributed by atoms with van der Waals surface area (Å²) in [7, 11) is -0.921. The van der Waals surface area contributed by atoms with Crippen molar-refractivity contribution in [3.8, 4) is 0 Å². The van der Waals surface area contributed by atoms with Crippen LogP contribution in [0, 0.1) is 5.92 Å². The van der Waals surface area contributed by atoms with Crippen molar-refractivity contribution in [3.63, 3.8) is 0 Å². The standard InChI is InChI=1S/C21H31NO3S/c1-21(2,3)25-20(23)22-15-13-18(14-16-22)8-6-5-7-17-9-11-19(12-10-17)26(4)24/h5,7,9-12,18H,6,8,13-16H2,1-4H3. The maximum Gasteiger partial charge on any atom is 0.410 e. The summed E-state index contributed by atoms with van der Waals surface area (Å²) in [5.41, 5.74) is 0.710. The smallest absolute Gasteiger partial charge is 0.410 e. The van der Waals surface area contributed by atoms with E-state index >= 15 is 0 Å². The molecule has 0 aliphatic carbocycles. The first-order chi connectivity index (χ1) is 12.2. The fourth-order valence-electron chi connectivity index (χ4n) is 3.05. The highest BCUT2D eigenvalue weighted by molar-refractivity contribution is 7.84. The predicted molar refractivity (Wildman–Crippen MR) is 108 cm³/mol. The van der Waals surface area contributed by atoms with E-state index in [4.69, 9.17) is 4.74 Å². The summed E-state index contributed by atoms with van der Waals surface area (Å²) < 4.78 is 16.8. The van der Waals surface area contributed by atoms with Gasteiger partial charge in [0, 0.05) is 35.0 Å². The molecule has 0 aromatic heterocycles. The first-order valence-corrected chi connectivity index (χ1v) is 10.9. The Morgan fingerprint density at radius 3 is 2.38 bits per heavy atom. The molecule has 0 saturated carbocycles. The highest BCUT2D eigenvalue weighted by atomic mass is 32.2. The number of piperidine rings is 1. The molecule has 5 heteroatoms. The minimum atomic E-state index is -0.921. The Hall–Kier alpha value is -1.62. The molecule has 1 saturated heterocycles. The number of hydrogen-bond acceptors (Lipinski definition) is 3. The van der Waals surface area contributed by atoms with Gasteiger partial charge in [0.2, 0.25) is 0 Å². The van der Waals surface area contributed by atoms with E-state index in [0.29, 0.717) is 5.92 Å². The summed E-state index contributed by atoms with van der Waals surface area (Å²) in [4.78, 5) is 14.8. The molecular weight excluding hydrogens is 346 g/mol. The molecule has 0 N–H and O–H groups in total. The molecule has 1 aliphatic rings. The third-order valence-electron chi connectivity index (χ3n) is 4.53. The SMILES string of the molecule is CS(=O)c1ccc(C=CCCC2CCN(C(=O)OC(C)(C)C)CC2)cc1. The van der Waals surface area contributed by atoms with Crippen LogP contribution >= 0.6 is 0 Å². The van der Waals surface area contributed by atoms with Crippen molar-refractivity contribution < 1.29 is 13.7 Å². The summed E-state index contributed by atoms with van der Waals surface area (Å²) >= 11 is 0. The van der Waals surface area contributed by atoms with Crippen LogP contribution in [0.25, 0.3) is 6.08 Å². The Kier molecular flexibility index (Phi) is 7.44. The van der Waals surface area contributed by atoms with Gasteiger partial charge in [-0.1, -0.05) is 24.3 Å². The summed E-state index contributed by atoms with van der Waals surface area (Å²) in [5.74, 6) is 0.670. The fourth-order valence-corrected chi connectivity index (χ4v) is 3.57. The Balaban J connectivity index is 1.70. The number of carbonyl (C=O) groups is 1. The van der Waals surface area contributed by atoms with Crippen LogP contribution in [0.3, 0.4) is 0 Å². The van der Waals surface area contributed by atoms with Crippen molar-refractivity contribution in [1.82, 2.24) is 4.90 Å². The van der Waals surface area contributed by atoms with Crippen LogP contribution in [0.15, 0.2) is 35.2 Å². The molecule has 1 aromatic carbocycles. The van der Waals surface area contributed by atoms with E-state index in [1.54, 1.807) is 6.26 Å². The van der Waals surface area contributed by atoms with Gasteiger partial charge in [-0.3, -0.25) is 4.21 Å². The number of carbonyl (C=O) groups excluding carboxylic acids is 1. The molecule has 1 amide bonds. The van der Waals surface area contributed by atoms with Gasteiger partial charge in [-0.15, -0.1) is 0 Å². The van der Waals surface area contributed by atoms with Crippen molar-refractivity contribution in [3.05, 3.63) is 35.9 Å². The van der Waals surface area contributed by atoms with Gasteiger partial charge in [0.15, 0.2) is 0 Å². The van der Waals surface area contributed by atoms with Gasteiger partial charge in [0.05, 0.1) is 0 Å². The van der Waals surface area contributed by atoms with Crippen LogP contribution < -0.4 is 0 Å². The van der Waals surface area contributed by atoms with Crippen molar-refractivity contribution in [2.75, 3.05) is 19.3 Å². The quantitative estimate of drug-likeness (QED) is 0.736. The predicted octanol–water partition coefficient (Wildman–Crippen LogP) is 4.86. The Labute approximate surface area is 160 Å². The zero-order chi connectivity index (χ0) is 19.2. The molecule has 4 nitrogen and oxygen atoms in total. The Bertz CT molecular complexity index is 638. The Morgan fingerprint density at radius 1 is 1.23 bits per heavy atom. The number of hydrogen-bond donors (Lipinski definition) is 0. The molecule has 26 heavy (non-hydrogen) atoms. The van der Waals surface area contributed by atoms with E-state index < -0.39 is 16.4 Å². The van der Waals surface area contributed by atoms with Crippen LogP contribution in [-0.2, 0) is 15.5 Å². The van der Waals surface area contributed by atoms with Crippen LogP contribution in [0.4, 0.5) is 4.79 Å². The first kappa shape index (κ1) is 20.7. The van der Waals surface area contributed by atoms with Gasteiger partial charge in [-0.2, -0.15) is 0 Å². The van der Waals surface area contributed by atoms with Gasteiger partial charge in [0.1, 0.15) is 5.60 Å². The third-order valence-corrected chi connectivity index (χ3v) is 5.47. The minimum Gasteiger partial charge on any atom is -0.444 e. The maximum absolute atomic E-state index is 12.1. The van der Waals surface area contributed by atoms with E-state index in [0.717, 1.165) is 49.2 Å². The van der Waals surface area contributed by atoms with Crippen LogP contribution in [0.5, 0.6) is 0 Å². The monoisotopic (exact) mass is 377 g/mol. The molecule has 0 radical (unpaired) electrons. The lowest BCUT2D eigenvalue weighted by Crippen LogP contribution is -2.41. The number of benzene rings is 1. The maximum atomic E-state index is 12.1. The third kappa shape index (κ3) is 6.94. The second kappa shape index (κ2) is 9.36. The second-order valence-corrected chi connectivity index (χ2v) is 9.29. The normalized spacial score (nSPS) is 17.5. The minimum absolute atomic E-state index is 0.188. The molecule has 1 atom stereocenters. The molecular formula is C21H31NO3S. The van der Waals surface area contributed by atoms with Crippen LogP contribution in [0.1, 0.15) is 52.0 Å². The zero-order valence-corrected chi connectivity index (χ0v) is 17.2. The number of nitrogens with zero attached hydrogens (tertiary/aromatic N) is 1. The van der Waals surface area contributed by atoms with Gasteiger partial charge in [-0.05, 0) is 70.1 Å². The summed E-state index contributed by atoms with van der Waals surface area (Å²) in [6.07, 6.45) is 10.1. The van der Waals surface area contributed by atoms with E-state index in [2.05, 4.69) is 12.2 Å². The van der Waals surface area contributed by atoms with E-state index in [1.165, 1.54) is 0 Å². The average molecular weight is 378 g/mol. The molecule has 1 aromatic rings. The van der Waals surface area contributed by atoms with Gasteiger partial charge in [0.25, 0.3) is 0 Å². The van der Waals surface area contributed by atoms with Crippen molar-refractivity contribution in [2.24, 2.45) is 5.92 Å². The molecule has 2 rings (SSSR count). The average Bonchev–Trinajstić information content (AvgIpc) is 2.58. The molecule has 1 fully saturated rings. The van der Waals surface area contributed by atoms with E-state index in [1.807, 2.05) is 49.9 Å². The molecule has 1 heterocycles. The Morgan fingerprint density at radius 2 is 1.85 bits per heavy atom. The van der Waals surface area contributed by atoms with Crippen molar-refractivity contribution in [1.29, 1.82) is 0 Å². The second-order valence-electron chi connectivity index (χ2n) is 7.91. The highest BCUT2D eigenvalue weighted by Crippen LogP contribution is 2.23. The van der Waals surface area contributed by atoms with Crippen LogP contribution in [0.2, 0.25) is 0 Å². The number of likely N-dealkylation sites (tertiary alicyclic amines) is 1. The topological polar surface area (TPSA) is 46.6 Å². The molecule has 0 bridgehead atoms. The summed E-state index contributed by atoms with van der Waals surface area (Å²) in [5, 5.41) is 0. The van der Waals surface area contributed by atoms with E-state index in [-0.39, 0.29) is 6.09 Å². The molecule has 0 spiro atoms. The van der Waals surface area contributed by atoms with Gasteiger partial charge >= 0.3 is 6.09 Å². The lowest BCUT2D eigenvalue weighted by Gasteiger charge is -2.33. The molecule has 144 valence electrons. The number of allylic oxidation sites excluding steroid dienone is 1. The number of rotatable bonds is 5.